The molecule has 10 nitrogen and oxygen atoms in total. The molecular weight excluding hydrogens is 432 g/mol. The van der Waals surface area contributed by atoms with E-state index in [0.29, 0.717) is 11.8 Å². The van der Waals surface area contributed by atoms with Crippen molar-refractivity contribution in [3.63, 3.8) is 0 Å². The summed E-state index contributed by atoms with van der Waals surface area (Å²) >= 11 is 0. The second-order valence-corrected chi connectivity index (χ2v) is 8.89. The number of aliphatic hydroxyl groups is 4. The van der Waals surface area contributed by atoms with Crippen molar-refractivity contribution in [2.75, 3.05) is 14.1 Å². The van der Waals surface area contributed by atoms with Crippen LogP contribution in [0.15, 0.2) is 40.9 Å². The highest BCUT2D eigenvalue weighted by atomic mass is 16.4. The van der Waals surface area contributed by atoms with Crippen LogP contribution in [0.2, 0.25) is 0 Å². The summed E-state index contributed by atoms with van der Waals surface area (Å²) in [6, 6.07) is 3.21. The molecule has 0 saturated heterocycles. The Balaban J connectivity index is 2.27. The second kappa shape index (κ2) is 8.29. The van der Waals surface area contributed by atoms with Crippen molar-refractivity contribution in [3.8, 4) is 5.75 Å². The summed E-state index contributed by atoms with van der Waals surface area (Å²) in [5, 5.41) is 54.8. The van der Waals surface area contributed by atoms with E-state index in [9.17, 15) is 39.9 Å². The lowest BCUT2D eigenvalue weighted by Crippen LogP contribution is -2.67. The first kappa shape index (κ1) is 24.4. The van der Waals surface area contributed by atoms with Gasteiger partial charge in [-0.3, -0.25) is 19.3 Å². The minimum Gasteiger partial charge on any atom is -0.510 e. The predicted octanol–water partition coefficient (Wildman–Crippen LogP) is 0.289. The van der Waals surface area contributed by atoms with Crippen molar-refractivity contribution in [1.29, 1.82) is 0 Å². The fraction of sp³-hybridized carbons (Fsp3) is 0.435. The Kier molecular flexibility index (Phi) is 6.14. The SMILES string of the molecule is CC1=C(O)[C@]2(O)C(=O)C(C(N)=O)=C(O)[C@@H](N(C)C)[C@@H]2[C@@H](O)[C@@H]1[C@@H](C)c1cccc(O)c1C=O. The zero-order valence-corrected chi connectivity index (χ0v) is 18.7. The molecule has 0 heterocycles. The van der Waals surface area contributed by atoms with E-state index in [1.807, 2.05) is 0 Å². The highest BCUT2D eigenvalue weighted by molar-refractivity contribution is 6.24. The Bertz CT molecular complexity index is 1090. The van der Waals surface area contributed by atoms with Gasteiger partial charge in [-0.05, 0) is 44.1 Å². The van der Waals surface area contributed by atoms with Gasteiger partial charge in [0.05, 0.1) is 23.6 Å². The zero-order valence-electron chi connectivity index (χ0n) is 18.7. The number of amides is 1. The number of aldehydes is 1. The van der Waals surface area contributed by atoms with Crippen LogP contribution in [-0.4, -0.2) is 80.3 Å². The van der Waals surface area contributed by atoms with E-state index < -0.39 is 64.3 Å². The summed E-state index contributed by atoms with van der Waals surface area (Å²) in [6.07, 6.45) is -1.04. The first-order valence-corrected chi connectivity index (χ1v) is 10.3. The van der Waals surface area contributed by atoms with Gasteiger partial charge in [0.25, 0.3) is 5.91 Å². The van der Waals surface area contributed by atoms with Gasteiger partial charge in [0.15, 0.2) is 11.9 Å². The molecule has 1 amide bonds. The Morgan fingerprint density at radius 1 is 1.24 bits per heavy atom. The predicted molar refractivity (Wildman–Crippen MR) is 117 cm³/mol. The number of phenols is 1. The molecule has 0 spiro atoms. The van der Waals surface area contributed by atoms with Crippen molar-refractivity contribution in [3.05, 3.63) is 52.0 Å². The van der Waals surface area contributed by atoms with Crippen LogP contribution in [0.4, 0.5) is 0 Å². The monoisotopic (exact) mass is 460 g/mol. The Morgan fingerprint density at radius 2 is 1.85 bits per heavy atom. The third-order valence-corrected chi connectivity index (χ3v) is 6.97. The van der Waals surface area contributed by atoms with Crippen molar-refractivity contribution in [2.24, 2.45) is 17.6 Å². The van der Waals surface area contributed by atoms with Crippen molar-refractivity contribution in [2.45, 2.75) is 37.5 Å². The average Bonchev–Trinajstić information content (AvgIpc) is 2.73. The number of hydrogen-bond acceptors (Lipinski definition) is 9. The molecule has 33 heavy (non-hydrogen) atoms. The van der Waals surface area contributed by atoms with Gasteiger partial charge in [-0.1, -0.05) is 19.1 Å². The fourth-order valence-electron chi connectivity index (χ4n) is 5.41. The lowest BCUT2D eigenvalue weighted by molar-refractivity contribution is -0.162. The lowest BCUT2D eigenvalue weighted by Gasteiger charge is -2.52. The maximum Gasteiger partial charge on any atom is 0.255 e. The number of benzene rings is 1. The maximum absolute atomic E-state index is 13.1. The third kappa shape index (κ3) is 3.33. The van der Waals surface area contributed by atoms with E-state index >= 15 is 0 Å². The summed E-state index contributed by atoms with van der Waals surface area (Å²) in [5.41, 5.74) is 2.17. The Hall–Kier alpha value is -3.21. The normalized spacial score (nSPS) is 30.9. The molecule has 0 aliphatic heterocycles. The molecule has 2 aliphatic rings. The number of likely N-dealkylation sites (N-methyl/N-ethyl adjacent to an activating group) is 1. The molecule has 0 saturated carbocycles. The summed E-state index contributed by atoms with van der Waals surface area (Å²) in [5.74, 6) is -7.37. The molecule has 0 fully saturated rings. The van der Waals surface area contributed by atoms with E-state index in [-0.39, 0.29) is 16.9 Å². The number of phenolic OH excluding ortho intramolecular Hbond substituents is 1. The van der Waals surface area contributed by atoms with Crippen LogP contribution < -0.4 is 5.73 Å². The summed E-state index contributed by atoms with van der Waals surface area (Å²) in [6.45, 7) is 3.08. The topological polar surface area (TPSA) is 182 Å². The van der Waals surface area contributed by atoms with Gasteiger partial charge in [0.2, 0.25) is 5.78 Å². The van der Waals surface area contributed by atoms with Crippen molar-refractivity contribution >= 4 is 18.0 Å². The number of ketones is 1. The Labute approximate surface area is 190 Å². The van der Waals surface area contributed by atoms with E-state index in [1.165, 1.54) is 38.1 Å². The summed E-state index contributed by atoms with van der Waals surface area (Å²) in [4.78, 5) is 38.1. The number of hydrogen-bond donors (Lipinski definition) is 6. The number of nitrogens with two attached hydrogens (primary N) is 1. The van der Waals surface area contributed by atoms with E-state index in [4.69, 9.17) is 5.73 Å². The van der Waals surface area contributed by atoms with E-state index in [0.717, 1.165) is 0 Å². The molecule has 0 bridgehead atoms. The van der Waals surface area contributed by atoms with Gasteiger partial charge >= 0.3 is 0 Å². The molecule has 6 atom stereocenters. The molecule has 3 rings (SSSR count). The molecule has 7 N–H and O–H groups in total. The molecule has 1 aromatic rings. The lowest BCUT2D eigenvalue weighted by atomic mass is 9.58. The maximum atomic E-state index is 13.1. The first-order valence-electron chi connectivity index (χ1n) is 10.3. The number of nitrogens with zero attached hydrogens (tertiary/aromatic N) is 1. The molecule has 0 unspecified atom stereocenters. The smallest absolute Gasteiger partial charge is 0.255 e. The number of carbonyl (C=O) groups is 3. The van der Waals surface area contributed by atoms with Crippen LogP contribution in [0, 0.1) is 11.8 Å². The molecule has 10 heteroatoms. The Morgan fingerprint density at radius 3 is 2.36 bits per heavy atom. The van der Waals surface area contributed by atoms with Gasteiger partial charge < -0.3 is 31.3 Å². The number of fused-ring (bicyclic) bond motifs is 1. The second-order valence-electron chi connectivity index (χ2n) is 8.89. The average molecular weight is 460 g/mol. The minimum absolute atomic E-state index is 0.00737. The van der Waals surface area contributed by atoms with Gasteiger partial charge in [0, 0.05) is 5.92 Å². The van der Waals surface area contributed by atoms with Gasteiger partial charge in [-0.25, -0.2) is 0 Å². The van der Waals surface area contributed by atoms with Gasteiger partial charge in [-0.15, -0.1) is 0 Å². The summed E-state index contributed by atoms with van der Waals surface area (Å²) < 4.78 is 0. The molecule has 178 valence electrons. The van der Waals surface area contributed by atoms with E-state index in [2.05, 4.69) is 0 Å². The van der Waals surface area contributed by atoms with Crippen LogP contribution >= 0.6 is 0 Å². The number of rotatable bonds is 5. The van der Waals surface area contributed by atoms with Gasteiger partial charge in [0.1, 0.15) is 22.8 Å². The van der Waals surface area contributed by atoms with Gasteiger partial charge in [-0.2, -0.15) is 0 Å². The van der Waals surface area contributed by atoms with E-state index in [1.54, 1.807) is 13.0 Å². The number of carbonyl (C=O) groups excluding carboxylic acids is 3. The van der Waals surface area contributed by atoms with Crippen molar-refractivity contribution < 1.29 is 39.9 Å². The zero-order chi connectivity index (χ0) is 25.0. The van der Waals surface area contributed by atoms with Crippen LogP contribution in [-0.2, 0) is 9.59 Å². The molecule has 0 aromatic heterocycles. The first-order chi connectivity index (χ1) is 15.3. The standard InChI is InChI=1S/C23H28N2O8/c1-9(11-6-5-7-13(27)12(11)8-26)14-10(2)20(30)23(33)16(18(14)28)17(25(3)4)19(29)15(21(23)31)22(24)32/h5-9,14,16-18,27-30,33H,1-4H3,(H2,24,32)/t9-,14+,16+,17-,18-,23-/m0/s1. The van der Waals surface area contributed by atoms with Crippen LogP contribution in [0.3, 0.4) is 0 Å². The number of primary amides is 1. The largest absolute Gasteiger partial charge is 0.510 e. The molecule has 2 aliphatic carbocycles. The van der Waals surface area contributed by atoms with Crippen LogP contribution in [0.25, 0.3) is 0 Å². The molecule has 0 radical (unpaired) electrons. The number of Topliss-reactive ketones (excluding diaryl/α,β-unsaturated/α-hetero) is 1. The third-order valence-electron chi connectivity index (χ3n) is 6.97. The van der Waals surface area contributed by atoms with Crippen LogP contribution in [0.5, 0.6) is 5.75 Å². The highest BCUT2D eigenvalue weighted by Crippen LogP contribution is 2.52. The highest BCUT2D eigenvalue weighted by Gasteiger charge is 2.65. The fourth-order valence-corrected chi connectivity index (χ4v) is 5.41. The summed E-state index contributed by atoms with van der Waals surface area (Å²) in [7, 11) is 3.01. The number of aliphatic hydroxyl groups excluding tert-OH is 3. The molecule has 1 aromatic carbocycles. The minimum atomic E-state index is -2.71. The van der Waals surface area contributed by atoms with Crippen LogP contribution in [0.1, 0.15) is 35.7 Å². The van der Waals surface area contributed by atoms with Crippen molar-refractivity contribution in [1.82, 2.24) is 4.90 Å². The quantitative estimate of drug-likeness (QED) is 0.266. The molecular formula is C23H28N2O8. The number of aromatic hydroxyl groups is 1.